The molecule has 25 heavy (non-hydrogen) atoms. The third-order valence-corrected chi connectivity index (χ3v) is 6.57. The lowest BCUT2D eigenvalue weighted by Crippen LogP contribution is -2.47. The third kappa shape index (κ3) is 3.15. The number of hydrogen-bond donors (Lipinski definition) is 1. The van der Waals surface area contributed by atoms with E-state index in [9.17, 15) is 4.79 Å². The average Bonchev–Trinajstić information content (AvgIpc) is 2.52. The molecule has 1 N–H and O–H groups in total. The van der Waals surface area contributed by atoms with Crippen LogP contribution >= 0.6 is 12.4 Å². The average molecular weight is 357 g/mol. The van der Waals surface area contributed by atoms with E-state index in [-0.39, 0.29) is 23.7 Å². The van der Waals surface area contributed by atoms with E-state index in [4.69, 9.17) is 0 Å². The van der Waals surface area contributed by atoms with E-state index >= 15 is 0 Å². The molecule has 0 radical (unpaired) electrons. The smallest absolute Gasteiger partial charge is 0.226 e. The zero-order valence-electron chi connectivity index (χ0n) is 14.4. The summed E-state index contributed by atoms with van der Waals surface area (Å²) in [5, 5.41) is 4.17. The first-order valence-electron chi connectivity index (χ1n) is 9.33. The van der Waals surface area contributed by atoms with Gasteiger partial charge in [0.25, 0.3) is 0 Å². The minimum atomic E-state index is 0. The molecule has 1 aromatic carbocycles. The zero-order chi connectivity index (χ0) is 16.1. The van der Waals surface area contributed by atoms with Gasteiger partial charge in [0.1, 0.15) is 5.82 Å². The van der Waals surface area contributed by atoms with Crippen molar-refractivity contribution in [2.24, 2.45) is 23.2 Å². The lowest BCUT2D eigenvalue weighted by molar-refractivity contribution is -0.124. The Bertz CT molecular complexity index is 768. The number of amides is 1. The molecule has 0 unspecified atom stereocenters. The number of halogens is 1. The van der Waals surface area contributed by atoms with Crippen LogP contribution in [-0.2, 0) is 4.79 Å². The highest BCUT2D eigenvalue weighted by atomic mass is 35.5. The number of rotatable bonds is 3. The molecule has 4 bridgehead atoms. The molecule has 0 atom stereocenters. The van der Waals surface area contributed by atoms with Crippen molar-refractivity contribution in [3.63, 3.8) is 0 Å². The second-order valence-electron chi connectivity index (χ2n) is 8.53. The first-order valence-corrected chi connectivity index (χ1v) is 9.33. The van der Waals surface area contributed by atoms with Gasteiger partial charge in [0.05, 0.1) is 5.52 Å². The van der Waals surface area contributed by atoms with E-state index in [1.807, 2.05) is 36.4 Å². The maximum Gasteiger partial charge on any atom is 0.226 e. The van der Waals surface area contributed by atoms with Gasteiger partial charge in [-0.3, -0.25) is 4.79 Å². The van der Waals surface area contributed by atoms with Crippen LogP contribution < -0.4 is 5.32 Å². The second kappa shape index (κ2) is 6.28. The number of benzene rings is 1. The van der Waals surface area contributed by atoms with Crippen LogP contribution in [-0.4, -0.2) is 10.9 Å². The van der Waals surface area contributed by atoms with Gasteiger partial charge >= 0.3 is 0 Å². The molecule has 0 aliphatic heterocycles. The topological polar surface area (TPSA) is 42.0 Å². The SMILES string of the molecule is Cl.O=C(CC12CC3CC(CC(C3)C1)C2)Nc1ccc2ccccc2n1. The zero-order valence-corrected chi connectivity index (χ0v) is 15.2. The van der Waals surface area contributed by atoms with E-state index in [1.165, 1.54) is 38.5 Å². The number of para-hydroxylation sites is 1. The number of pyridine rings is 1. The molecule has 6 rings (SSSR count). The van der Waals surface area contributed by atoms with Gasteiger partial charge in [0, 0.05) is 11.8 Å². The highest BCUT2D eigenvalue weighted by Gasteiger charge is 2.51. The van der Waals surface area contributed by atoms with Crippen molar-refractivity contribution >= 4 is 35.0 Å². The number of carbonyl (C=O) groups is 1. The summed E-state index contributed by atoms with van der Waals surface area (Å²) in [7, 11) is 0. The molecular formula is C21H25ClN2O. The molecule has 4 heteroatoms. The number of hydrogen-bond acceptors (Lipinski definition) is 2. The minimum absolute atomic E-state index is 0. The van der Waals surface area contributed by atoms with Crippen molar-refractivity contribution in [3.8, 4) is 0 Å². The Kier molecular flexibility index (Phi) is 4.23. The van der Waals surface area contributed by atoms with Crippen molar-refractivity contribution < 1.29 is 4.79 Å². The summed E-state index contributed by atoms with van der Waals surface area (Å²) in [6.07, 6.45) is 8.78. The fraction of sp³-hybridized carbons (Fsp3) is 0.524. The molecule has 0 saturated heterocycles. The summed E-state index contributed by atoms with van der Waals surface area (Å²) >= 11 is 0. The second-order valence-corrected chi connectivity index (χ2v) is 8.53. The maximum absolute atomic E-state index is 12.7. The summed E-state index contributed by atoms with van der Waals surface area (Å²) in [4.78, 5) is 17.3. The lowest BCUT2D eigenvalue weighted by atomic mass is 9.49. The van der Waals surface area contributed by atoms with Crippen LogP contribution in [0.2, 0.25) is 0 Å². The van der Waals surface area contributed by atoms with Crippen molar-refractivity contribution in [1.82, 2.24) is 4.98 Å². The summed E-state index contributed by atoms with van der Waals surface area (Å²) < 4.78 is 0. The van der Waals surface area contributed by atoms with Crippen LogP contribution in [0, 0.1) is 23.2 Å². The largest absolute Gasteiger partial charge is 0.311 e. The summed E-state index contributed by atoms with van der Waals surface area (Å²) in [5.74, 6) is 3.51. The van der Waals surface area contributed by atoms with Crippen LogP contribution in [0.5, 0.6) is 0 Å². The van der Waals surface area contributed by atoms with E-state index in [0.717, 1.165) is 28.7 Å². The predicted molar refractivity (Wildman–Crippen MR) is 103 cm³/mol. The first kappa shape index (κ1) is 16.8. The standard InChI is InChI=1S/C21H24N2O.ClH/c24-20(23-19-6-5-17-3-1-2-4-18(17)22-19)13-21-10-14-7-15(11-21)9-16(8-14)12-21;/h1-6,14-16H,7-13H2,(H,22,23,24);1H. The molecule has 3 nitrogen and oxygen atoms in total. The van der Waals surface area contributed by atoms with Gasteiger partial charge in [-0.1, -0.05) is 18.2 Å². The molecule has 4 saturated carbocycles. The van der Waals surface area contributed by atoms with Crippen LogP contribution in [0.3, 0.4) is 0 Å². The van der Waals surface area contributed by atoms with Gasteiger partial charge in [-0.2, -0.15) is 0 Å². The molecule has 4 fully saturated rings. The van der Waals surface area contributed by atoms with Crippen molar-refractivity contribution in [2.75, 3.05) is 5.32 Å². The molecule has 1 aromatic heterocycles. The highest BCUT2D eigenvalue weighted by molar-refractivity contribution is 5.92. The van der Waals surface area contributed by atoms with Gasteiger partial charge in [0.15, 0.2) is 0 Å². The summed E-state index contributed by atoms with van der Waals surface area (Å²) in [6, 6.07) is 12.0. The highest BCUT2D eigenvalue weighted by Crippen LogP contribution is 2.61. The van der Waals surface area contributed by atoms with Crippen LogP contribution in [0.15, 0.2) is 36.4 Å². The molecular weight excluding hydrogens is 332 g/mol. The van der Waals surface area contributed by atoms with Crippen LogP contribution in [0.25, 0.3) is 10.9 Å². The summed E-state index contributed by atoms with van der Waals surface area (Å²) in [6.45, 7) is 0. The van der Waals surface area contributed by atoms with E-state index in [0.29, 0.717) is 12.2 Å². The van der Waals surface area contributed by atoms with Gasteiger partial charge in [-0.15, -0.1) is 12.4 Å². The van der Waals surface area contributed by atoms with E-state index in [2.05, 4.69) is 10.3 Å². The molecule has 0 spiro atoms. The van der Waals surface area contributed by atoms with Gasteiger partial charge in [-0.05, 0) is 79.9 Å². The maximum atomic E-state index is 12.7. The molecule has 1 heterocycles. The fourth-order valence-corrected chi connectivity index (χ4v) is 6.17. The third-order valence-electron chi connectivity index (χ3n) is 6.57. The number of anilines is 1. The van der Waals surface area contributed by atoms with Crippen molar-refractivity contribution in [2.45, 2.75) is 44.9 Å². The molecule has 4 aliphatic carbocycles. The Hall–Kier alpha value is -1.61. The van der Waals surface area contributed by atoms with Gasteiger partial charge in [-0.25, -0.2) is 4.98 Å². The number of nitrogens with one attached hydrogen (secondary N) is 1. The number of fused-ring (bicyclic) bond motifs is 1. The summed E-state index contributed by atoms with van der Waals surface area (Å²) in [5.41, 5.74) is 1.22. The molecule has 1 amide bonds. The van der Waals surface area contributed by atoms with Gasteiger partial charge < -0.3 is 5.32 Å². The Morgan fingerprint density at radius 1 is 1.00 bits per heavy atom. The quantitative estimate of drug-likeness (QED) is 0.821. The normalized spacial score (nSPS) is 32.4. The molecule has 132 valence electrons. The Morgan fingerprint density at radius 3 is 2.32 bits per heavy atom. The molecule has 4 aliphatic rings. The van der Waals surface area contributed by atoms with E-state index < -0.39 is 0 Å². The van der Waals surface area contributed by atoms with Crippen LogP contribution in [0.1, 0.15) is 44.9 Å². The van der Waals surface area contributed by atoms with E-state index in [1.54, 1.807) is 0 Å². The Balaban J connectivity index is 0.00000157. The number of nitrogens with zero attached hydrogens (tertiary/aromatic N) is 1. The van der Waals surface area contributed by atoms with Crippen LogP contribution in [0.4, 0.5) is 5.82 Å². The van der Waals surface area contributed by atoms with Crippen molar-refractivity contribution in [1.29, 1.82) is 0 Å². The Labute approximate surface area is 155 Å². The Morgan fingerprint density at radius 2 is 1.64 bits per heavy atom. The van der Waals surface area contributed by atoms with Crippen molar-refractivity contribution in [3.05, 3.63) is 36.4 Å². The lowest BCUT2D eigenvalue weighted by Gasteiger charge is -2.56. The monoisotopic (exact) mass is 356 g/mol. The number of carbonyl (C=O) groups excluding carboxylic acids is 1. The fourth-order valence-electron chi connectivity index (χ4n) is 6.17. The molecule has 2 aromatic rings. The first-order chi connectivity index (χ1) is 11.7. The number of aromatic nitrogens is 1. The predicted octanol–water partition coefficient (Wildman–Crippen LogP) is 5.20. The van der Waals surface area contributed by atoms with Gasteiger partial charge in [0.2, 0.25) is 5.91 Å². The minimum Gasteiger partial charge on any atom is -0.311 e.